The monoisotopic (exact) mass is 273 g/mol. The molecule has 94 valence electrons. The maximum absolute atomic E-state index is 11.8. The average Bonchev–Trinajstić information content (AvgIpc) is 2.30. The van der Waals surface area contributed by atoms with E-state index in [0.717, 1.165) is 11.5 Å². The van der Waals surface area contributed by atoms with E-state index in [4.69, 9.17) is 17.3 Å². The number of rotatable bonds is 5. The highest BCUT2D eigenvalue weighted by molar-refractivity contribution is 7.99. The smallest absolute Gasteiger partial charge is 0.253 e. The molecule has 0 aliphatic rings. The minimum absolute atomic E-state index is 0.115. The van der Waals surface area contributed by atoms with Crippen LogP contribution in [0.5, 0.6) is 0 Å². The molecule has 1 aromatic rings. The lowest BCUT2D eigenvalue weighted by Crippen LogP contribution is -2.34. The van der Waals surface area contributed by atoms with Crippen molar-refractivity contribution >= 4 is 35.1 Å². The summed E-state index contributed by atoms with van der Waals surface area (Å²) in [6.07, 6.45) is 1.43. The van der Waals surface area contributed by atoms with Gasteiger partial charge >= 0.3 is 0 Å². The molecule has 0 saturated carbocycles. The van der Waals surface area contributed by atoms with Gasteiger partial charge in [0.15, 0.2) is 0 Å². The summed E-state index contributed by atoms with van der Waals surface area (Å²) in [6, 6.07) is 1.64. The van der Waals surface area contributed by atoms with Crippen molar-refractivity contribution in [3.63, 3.8) is 0 Å². The Balaban J connectivity index is 2.60. The van der Waals surface area contributed by atoms with Gasteiger partial charge in [-0.3, -0.25) is 4.79 Å². The Morgan fingerprint density at radius 3 is 3.00 bits per heavy atom. The van der Waals surface area contributed by atoms with Crippen molar-refractivity contribution in [3.8, 4) is 0 Å². The van der Waals surface area contributed by atoms with Gasteiger partial charge in [0.2, 0.25) is 0 Å². The van der Waals surface area contributed by atoms with E-state index in [1.165, 1.54) is 12.3 Å². The fraction of sp³-hybridized carbons (Fsp3) is 0.455. The molecule has 0 spiro atoms. The number of hydrogen-bond acceptors (Lipinski definition) is 4. The molecule has 0 saturated heterocycles. The van der Waals surface area contributed by atoms with Crippen LogP contribution in [-0.2, 0) is 0 Å². The second kappa shape index (κ2) is 6.71. The fourth-order valence-electron chi connectivity index (χ4n) is 1.22. The van der Waals surface area contributed by atoms with E-state index in [2.05, 4.69) is 17.2 Å². The van der Waals surface area contributed by atoms with Crippen LogP contribution in [0.1, 0.15) is 24.2 Å². The Bertz CT molecular complexity index is 400. The Morgan fingerprint density at radius 2 is 2.41 bits per heavy atom. The number of carbonyl (C=O) groups excluding carboxylic acids is 1. The number of hydrogen-bond donors (Lipinski definition) is 2. The SMILES string of the molecule is CCSCC(C)NC(=O)c1cnc(N)c(Cl)c1. The number of nitrogens with zero attached hydrogens (tertiary/aromatic N) is 1. The molecule has 1 rings (SSSR count). The van der Waals surface area contributed by atoms with E-state index >= 15 is 0 Å². The summed E-state index contributed by atoms with van der Waals surface area (Å²) in [6.45, 7) is 4.05. The van der Waals surface area contributed by atoms with Crippen LogP contribution in [0.3, 0.4) is 0 Å². The van der Waals surface area contributed by atoms with Crippen molar-refractivity contribution in [2.75, 3.05) is 17.2 Å². The van der Waals surface area contributed by atoms with E-state index < -0.39 is 0 Å². The summed E-state index contributed by atoms with van der Waals surface area (Å²) in [5.74, 6) is 1.98. The summed E-state index contributed by atoms with van der Waals surface area (Å²) in [7, 11) is 0. The Labute approximate surface area is 110 Å². The lowest BCUT2D eigenvalue weighted by molar-refractivity contribution is 0.0943. The van der Waals surface area contributed by atoms with Crippen LogP contribution in [0, 0.1) is 0 Å². The first-order chi connectivity index (χ1) is 8.04. The predicted octanol–water partition coefficient (Wildman–Crippen LogP) is 2.19. The number of amides is 1. The van der Waals surface area contributed by atoms with Gasteiger partial charge in [0, 0.05) is 18.0 Å². The van der Waals surface area contributed by atoms with Crippen molar-refractivity contribution in [2.24, 2.45) is 0 Å². The molecule has 0 aliphatic heterocycles. The number of nitrogens with one attached hydrogen (secondary N) is 1. The van der Waals surface area contributed by atoms with E-state index in [-0.39, 0.29) is 17.8 Å². The molecule has 17 heavy (non-hydrogen) atoms. The van der Waals surface area contributed by atoms with Gasteiger partial charge in [-0.25, -0.2) is 4.98 Å². The molecule has 1 heterocycles. The molecule has 0 fully saturated rings. The largest absolute Gasteiger partial charge is 0.382 e. The van der Waals surface area contributed by atoms with Crippen LogP contribution in [0.2, 0.25) is 5.02 Å². The topological polar surface area (TPSA) is 68.0 Å². The third kappa shape index (κ3) is 4.44. The summed E-state index contributed by atoms with van der Waals surface area (Å²) in [5, 5.41) is 3.18. The molecule has 3 N–H and O–H groups in total. The zero-order chi connectivity index (χ0) is 12.8. The second-order valence-electron chi connectivity index (χ2n) is 3.63. The third-order valence-electron chi connectivity index (χ3n) is 2.08. The van der Waals surface area contributed by atoms with Gasteiger partial charge in [-0.05, 0) is 18.7 Å². The first kappa shape index (κ1) is 14.1. The van der Waals surface area contributed by atoms with E-state index in [1.54, 1.807) is 11.8 Å². The molecule has 1 unspecified atom stereocenters. The zero-order valence-electron chi connectivity index (χ0n) is 9.87. The summed E-state index contributed by atoms with van der Waals surface area (Å²) >= 11 is 7.59. The predicted molar refractivity (Wildman–Crippen MR) is 73.6 cm³/mol. The molecule has 0 aliphatic carbocycles. The normalized spacial score (nSPS) is 12.2. The molecule has 0 radical (unpaired) electrons. The number of anilines is 1. The van der Waals surface area contributed by atoms with Crippen molar-refractivity contribution in [1.82, 2.24) is 10.3 Å². The number of aromatic nitrogens is 1. The average molecular weight is 274 g/mol. The van der Waals surface area contributed by atoms with Crippen LogP contribution in [0.15, 0.2) is 12.3 Å². The molecular weight excluding hydrogens is 258 g/mol. The van der Waals surface area contributed by atoms with Crippen LogP contribution in [0.4, 0.5) is 5.82 Å². The van der Waals surface area contributed by atoms with Crippen LogP contribution in [0.25, 0.3) is 0 Å². The molecule has 0 aromatic carbocycles. The number of thioether (sulfide) groups is 1. The Morgan fingerprint density at radius 1 is 1.71 bits per heavy atom. The summed E-state index contributed by atoms with van der Waals surface area (Å²) < 4.78 is 0. The maximum Gasteiger partial charge on any atom is 0.253 e. The van der Waals surface area contributed by atoms with Gasteiger partial charge in [0.25, 0.3) is 5.91 Å². The number of carbonyl (C=O) groups is 1. The number of nitrogen functional groups attached to an aromatic ring is 1. The molecule has 1 atom stereocenters. The quantitative estimate of drug-likeness (QED) is 0.863. The third-order valence-corrected chi connectivity index (χ3v) is 3.53. The fourth-order valence-corrected chi connectivity index (χ4v) is 2.06. The molecule has 6 heteroatoms. The number of pyridine rings is 1. The van der Waals surface area contributed by atoms with E-state index in [0.29, 0.717) is 10.6 Å². The Hall–Kier alpha value is -0.940. The molecule has 0 bridgehead atoms. The van der Waals surface area contributed by atoms with Crippen molar-refractivity contribution in [1.29, 1.82) is 0 Å². The minimum Gasteiger partial charge on any atom is -0.382 e. The van der Waals surface area contributed by atoms with Crippen molar-refractivity contribution < 1.29 is 4.79 Å². The highest BCUT2D eigenvalue weighted by Gasteiger charge is 2.11. The standard InChI is InChI=1S/C11H16ClN3OS/c1-3-17-6-7(2)15-11(16)8-4-9(12)10(13)14-5-8/h4-5,7H,3,6H2,1-2H3,(H2,13,14)(H,15,16). The second-order valence-corrected chi connectivity index (χ2v) is 5.35. The van der Waals surface area contributed by atoms with Gasteiger partial charge in [-0.1, -0.05) is 18.5 Å². The highest BCUT2D eigenvalue weighted by atomic mass is 35.5. The first-order valence-corrected chi connectivity index (χ1v) is 6.87. The number of halogens is 1. The van der Waals surface area contributed by atoms with E-state index in [1.807, 2.05) is 6.92 Å². The van der Waals surface area contributed by atoms with Gasteiger partial charge in [-0.15, -0.1) is 0 Å². The van der Waals surface area contributed by atoms with Crippen LogP contribution in [-0.4, -0.2) is 28.4 Å². The van der Waals surface area contributed by atoms with Gasteiger partial charge in [0.05, 0.1) is 10.6 Å². The summed E-state index contributed by atoms with van der Waals surface area (Å²) in [4.78, 5) is 15.7. The molecule has 1 amide bonds. The van der Waals surface area contributed by atoms with Gasteiger partial charge in [0.1, 0.15) is 5.82 Å². The van der Waals surface area contributed by atoms with E-state index in [9.17, 15) is 4.79 Å². The van der Waals surface area contributed by atoms with Gasteiger partial charge < -0.3 is 11.1 Å². The number of nitrogens with two attached hydrogens (primary N) is 1. The molecule has 1 aromatic heterocycles. The van der Waals surface area contributed by atoms with Crippen LogP contribution >= 0.6 is 23.4 Å². The zero-order valence-corrected chi connectivity index (χ0v) is 11.4. The van der Waals surface area contributed by atoms with Crippen molar-refractivity contribution in [2.45, 2.75) is 19.9 Å². The molecular formula is C11H16ClN3OS. The van der Waals surface area contributed by atoms with Crippen molar-refractivity contribution in [3.05, 3.63) is 22.8 Å². The first-order valence-electron chi connectivity index (χ1n) is 5.34. The summed E-state index contributed by atoms with van der Waals surface area (Å²) in [5.41, 5.74) is 5.91. The lowest BCUT2D eigenvalue weighted by atomic mass is 10.2. The Kier molecular flexibility index (Phi) is 5.58. The van der Waals surface area contributed by atoms with Crippen LogP contribution < -0.4 is 11.1 Å². The molecule has 4 nitrogen and oxygen atoms in total. The lowest BCUT2D eigenvalue weighted by Gasteiger charge is -2.13. The highest BCUT2D eigenvalue weighted by Crippen LogP contribution is 2.16. The van der Waals surface area contributed by atoms with Gasteiger partial charge in [-0.2, -0.15) is 11.8 Å². The minimum atomic E-state index is -0.177. The maximum atomic E-state index is 11.8.